The number of rotatable bonds is 20. The van der Waals surface area contributed by atoms with Gasteiger partial charge in [-0.2, -0.15) is 0 Å². The van der Waals surface area contributed by atoms with Crippen molar-refractivity contribution in [3.63, 3.8) is 0 Å². The zero-order chi connectivity index (χ0) is 79.7. The number of nitrogens with zero attached hydrogens (tertiary/aromatic N) is 2. The van der Waals surface area contributed by atoms with Crippen LogP contribution in [-0.4, -0.2) is 237 Å². The predicted molar refractivity (Wildman–Crippen MR) is 389 cm³/mol. The fourth-order valence-electron chi connectivity index (χ4n) is 12.9. The number of aliphatic hydroxyl groups is 1. The number of fused-ring (bicyclic) bond motifs is 3. The number of carboxylic acids is 1. The Morgan fingerprint density at radius 3 is 1.44 bits per heavy atom. The van der Waals surface area contributed by atoms with Crippen molar-refractivity contribution in [2.75, 3.05) is 32.7 Å². The van der Waals surface area contributed by atoms with Crippen LogP contribution in [0.4, 0.5) is 0 Å². The number of carboxylic acid groups (broad SMARTS) is 1. The molecule has 4 heterocycles. The Hall–Kier alpha value is -9.84. The first-order chi connectivity index (χ1) is 50.5. The molecule has 1 aromatic carbocycles. The first-order valence-electron chi connectivity index (χ1n) is 36.8. The van der Waals surface area contributed by atoms with Crippen LogP contribution in [0.15, 0.2) is 30.5 Å². The Balaban J connectivity index is 1.55. The molecule has 0 spiro atoms. The molecule has 2 aromatic rings. The molecule has 3 fully saturated rings. The van der Waals surface area contributed by atoms with E-state index >= 15 is 0 Å². The summed E-state index contributed by atoms with van der Waals surface area (Å²) in [5.41, 5.74) is 18.4. The molecule has 36 heteroatoms. The van der Waals surface area contributed by atoms with Crippen molar-refractivity contribution in [2.45, 2.75) is 244 Å². The highest BCUT2D eigenvalue weighted by Gasteiger charge is 2.46. The summed E-state index contributed by atoms with van der Waals surface area (Å²) in [6.45, 7) is 14.6. The number of aliphatic hydroxyl groups excluding tert-OH is 1. The third kappa shape index (κ3) is 25.7. The predicted octanol–water partition coefficient (Wildman–Crippen LogP) is -3.82. The number of nitrogens with two attached hydrogens (primary N) is 3. The highest BCUT2D eigenvalue weighted by molar-refractivity contribution is 6.02. The molecule has 3 aliphatic heterocycles. The molecular weight excluding hydrogens is 1390 g/mol. The van der Waals surface area contributed by atoms with Gasteiger partial charge in [-0.1, -0.05) is 73.6 Å². The van der Waals surface area contributed by atoms with Crippen LogP contribution in [0.5, 0.6) is 0 Å². The minimum absolute atomic E-state index is 0.00471. The van der Waals surface area contributed by atoms with Gasteiger partial charge in [0.05, 0.1) is 19.1 Å². The fourth-order valence-corrected chi connectivity index (χ4v) is 12.9. The SMILES string of the molecule is CC(C)[C@@H]1NC(=O)CNC(=O)[C@H](CCC(N)=O)NC(=O)[C@H](CCCCN)NC(=O)[C@H](Cc2c[nH]c3ccccc23)NC(=O)[C@H](C(C)C)NC(=O)[C@H]2CCCN2C(=O)[C@@H]2CCCN2C(=O)[C@H]([C@@H](C)O)NC(=O)[C@H](C(C)C)NC(=O)[C@H](C)NC(=O)[C@H](CCCCN)NC(=O)[C@H](C(C)C)NC(=O)[C@H](CC(=O)O)NC1=O. The number of aromatic amines is 1. The van der Waals surface area contributed by atoms with Gasteiger partial charge >= 0.3 is 5.97 Å². The highest BCUT2D eigenvalue weighted by atomic mass is 16.4. The van der Waals surface area contributed by atoms with E-state index in [9.17, 15) is 86.9 Å². The maximum absolute atomic E-state index is 14.9. The van der Waals surface area contributed by atoms with Crippen LogP contribution in [0.25, 0.3) is 10.9 Å². The molecule has 21 N–H and O–H groups in total. The third-order valence-electron chi connectivity index (χ3n) is 19.1. The normalized spacial score (nSPS) is 26.7. The summed E-state index contributed by atoms with van der Waals surface area (Å²) < 4.78 is 0. The quantitative estimate of drug-likeness (QED) is 0.0565. The van der Waals surface area contributed by atoms with E-state index in [2.05, 4.69) is 68.8 Å². The summed E-state index contributed by atoms with van der Waals surface area (Å²) in [4.78, 5) is 231. The van der Waals surface area contributed by atoms with Gasteiger partial charge in [-0.05, 0) is 133 Å². The maximum atomic E-state index is 14.9. The second-order valence-corrected chi connectivity index (χ2v) is 29.1. The van der Waals surface area contributed by atoms with Gasteiger partial charge < -0.3 is 106 Å². The smallest absolute Gasteiger partial charge is 0.305 e. The number of aromatic nitrogens is 1. The standard InChI is InChI=1S/C71H112N18O18/c1-35(2)54-66(102)82-48(32-53(93)94)64(100)85-55(36(3)4)67(103)80-44(21-13-15-27-72)61(97)77-39(9)59(95)84-57(38(7)8)69(105)87-58(40(10)90)71(107)89-30-18-24-50(89)70(106)88-29-17-23-49(88)65(101)86-56(37(5)6)68(104)81-47(31-41-33-75-43-20-12-11-19-42(41)43)63(99)78-45(22-14-16-28-73)62(98)79-46(25-26-51(74)91)60(96)76-34-52(92)83-54/h11-12,19-20,33,35-40,44-50,54-58,75,90H,13-18,21-32,34,72-73H2,1-10H3,(H2,74,91)(H,76,96)(H,77,97)(H,78,99)(H,79,98)(H,80,103)(H,81,104)(H,82,102)(H,83,92)(H,84,95)(H,85,100)(H,86,101)(H,87,105)(H,93,94)/t39-,40+,44-,45-,46-,47-,48-,49+,50-,54-,55-,56-,57-,58-/m0/s1. The molecule has 107 heavy (non-hydrogen) atoms. The number of aliphatic carboxylic acids is 1. The number of carbonyl (C=O) groups excluding carboxylic acids is 15. The van der Waals surface area contributed by atoms with Gasteiger partial charge in [0.2, 0.25) is 88.6 Å². The minimum Gasteiger partial charge on any atom is -0.481 e. The Morgan fingerprint density at radius 2 is 0.916 bits per heavy atom. The number of carbonyl (C=O) groups is 16. The first-order valence-corrected chi connectivity index (χ1v) is 36.8. The minimum atomic E-state index is -1.90. The zero-order valence-corrected chi connectivity index (χ0v) is 62.8. The van der Waals surface area contributed by atoms with Crippen LogP contribution >= 0.6 is 0 Å². The fraction of sp³-hybridized carbons (Fsp3) is 0.662. The second kappa shape index (κ2) is 41.9. The van der Waals surface area contributed by atoms with Gasteiger partial charge in [0.25, 0.3) is 0 Å². The Bertz CT molecular complexity index is 3510. The van der Waals surface area contributed by atoms with E-state index in [1.807, 2.05) is 0 Å². The van der Waals surface area contributed by atoms with Gasteiger partial charge in [0.15, 0.2) is 0 Å². The van der Waals surface area contributed by atoms with Crippen LogP contribution in [0, 0.1) is 23.7 Å². The lowest BCUT2D eigenvalue weighted by Crippen LogP contribution is -2.62. The number of H-pyrrole nitrogens is 1. The zero-order valence-electron chi connectivity index (χ0n) is 62.8. The van der Waals surface area contributed by atoms with Crippen LogP contribution in [0.2, 0.25) is 0 Å². The lowest BCUT2D eigenvalue weighted by atomic mass is 9.99. The molecule has 3 aliphatic rings. The highest BCUT2D eigenvalue weighted by Crippen LogP contribution is 2.27. The Kier molecular flexibility index (Phi) is 34.4. The largest absolute Gasteiger partial charge is 0.481 e. The van der Waals surface area contributed by atoms with Crippen molar-refractivity contribution in [3.8, 4) is 0 Å². The van der Waals surface area contributed by atoms with Crippen molar-refractivity contribution >= 4 is 105 Å². The second-order valence-electron chi connectivity index (χ2n) is 29.1. The van der Waals surface area contributed by atoms with Crippen molar-refractivity contribution in [1.82, 2.24) is 78.6 Å². The number of primary amides is 1. The maximum Gasteiger partial charge on any atom is 0.305 e. The lowest BCUT2D eigenvalue weighted by Gasteiger charge is -2.34. The van der Waals surface area contributed by atoms with Crippen molar-refractivity contribution in [1.29, 1.82) is 0 Å². The summed E-state index contributed by atoms with van der Waals surface area (Å²) in [6.07, 6.45) is -0.0355. The average Bonchev–Trinajstić information content (AvgIpc) is 1.66. The van der Waals surface area contributed by atoms with Gasteiger partial charge in [0.1, 0.15) is 78.5 Å². The van der Waals surface area contributed by atoms with Crippen molar-refractivity contribution < 1.29 is 86.9 Å². The molecule has 0 aliphatic carbocycles. The molecule has 36 nitrogen and oxygen atoms in total. The van der Waals surface area contributed by atoms with E-state index in [4.69, 9.17) is 17.2 Å². The van der Waals surface area contributed by atoms with Gasteiger partial charge in [-0.3, -0.25) is 76.7 Å². The summed E-state index contributed by atoms with van der Waals surface area (Å²) in [5.74, 6) is -18.2. The number of hydrogen-bond acceptors (Lipinski definition) is 19. The average molecular weight is 1510 g/mol. The summed E-state index contributed by atoms with van der Waals surface area (Å²) in [5, 5.41) is 52.5. The Morgan fingerprint density at radius 1 is 0.486 bits per heavy atom. The van der Waals surface area contributed by atoms with Crippen LogP contribution < -0.4 is 81.0 Å². The molecule has 1 aromatic heterocycles. The number of amides is 15. The number of benzene rings is 1. The Labute approximate surface area is 622 Å². The molecule has 14 atom stereocenters. The van der Waals surface area contributed by atoms with Crippen LogP contribution in [-0.2, 0) is 83.1 Å². The summed E-state index contributed by atoms with van der Waals surface area (Å²) >= 11 is 0. The van der Waals surface area contributed by atoms with Gasteiger partial charge in [-0.15, -0.1) is 0 Å². The molecular formula is C71H112N18O18. The van der Waals surface area contributed by atoms with E-state index < -0.39 is 229 Å². The molecule has 0 saturated carbocycles. The molecule has 15 amide bonds. The number of unbranched alkanes of at least 4 members (excludes halogenated alkanes) is 2. The monoisotopic (exact) mass is 1500 g/mol. The van der Waals surface area contributed by atoms with Gasteiger partial charge in [0, 0.05) is 43.0 Å². The van der Waals surface area contributed by atoms with Crippen LogP contribution in [0.1, 0.15) is 158 Å². The molecule has 594 valence electrons. The van der Waals surface area contributed by atoms with E-state index in [0.717, 1.165) is 0 Å². The number of para-hydroxylation sites is 1. The topological polar surface area (TPSA) is 558 Å². The third-order valence-corrected chi connectivity index (χ3v) is 19.1. The molecule has 0 radical (unpaired) electrons. The van der Waals surface area contributed by atoms with Gasteiger partial charge in [-0.25, -0.2) is 0 Å². The summed E-state index contributed by atoms with van der Waals surface area (Å²) in [7, 11) is 0. The molecule has 3 saturated heterocycles. The summed E-state index contributed by atoms with van der Waals surface area (Å²) in [6, 6.07) is -11.9. The van der Waals surface area contributed by atoms with E-state index in [-0.39, 0.29) is 71.1 Å². The van der Waals surface area contributed by atoms with E-state index in [1.165, 1.54) is 51.3 Å². The molecule has 5 rings (SSSR count). The lowest BCUT2D eigenvalue weighted by molar-refractivity contribution is -0.149. The van der Waals surface area contributed by atoms with Crippen molar-refractivity contribution in [2.24, 2.45) is 40.9 Å². The number of hydrogen-bond donors (Lipinski definition) is 18. The van der Waals surface area contributed by atoms with E-state index in [1.54, 1.807) is 58.2 Å². The van der Waals surface area contributed by atoms with E-state index in [0.29, 0.717) is 42.1 Å². The van der Waals surface area contributed by atoms with Crippen molar-refractivity contribution in [3.05, 3.63) is 36.0 Å². The van der Waals surface area contributed by atoms with Crippen LogP contribution in [0.3, 0.4) is 0 Å². The molecule has 0 bridgehead atoms. The molecule has 0 unspecified atom stereocenters. The first kappa shape index (κ1) is 87.8. The number of nitrogens with one attached hydrogen (secondary N) is 13.